The molecule has 0 spiro atoms. The van der Waals surface area contributed by atoms with E-state index in [0.717, 1.165) is 0 Å². The van der Waals surface area contributed by atoms with E-state index in [1.54, 1.807) is 0 Å². The van der Waals surface area contributed by atoms with Gasteiger partial charge in [0, 0.05) is 6.42 Å². The Morgan fingerprint density at radius 1 is 1.43 bits per heavy atom. The van der Waals surface area contributed by atoms with Gasteiger partial charge in [-0.25, -0.2) is 0 Å². The molecule has 0 amide bonds. The van der Waals surface area contributed by atoms with Crippen LogP contribution in [0.3, 0.4) is 0 Å². The van der Waals surface area contributed by atoms with Gasteiger partial charge in [-0.15, -0.1) is 24.8 Å². The number of methoxy groups -OCH3 is 1. The number of carbonyl (C=O) groups is 1. The summed E-state index contributed by atoms with van der Waals surface area (Å²) in [5, 5.41) is 0. The quantitative estimate of drug-likeness (QED) is 0.703. The summed E-state index contributed by atoms with van der Waals surface area (Å²) in [4.78, 5) is 10.7. The summed E-state index contributed by atoms with van der Waals surface area (Å²) in [6, 6.07) is 0. The second-order valence-corrected chi connectivity index (χ2v) is 2.68. The average Bonchev–Trinajstić information content (AvgIpc) is 2.16. The van der Waals surface area contributed by atoms with Crippen molar-refractivity contribution >= 4 is 30.8 Å². The zero-order chi connectivity index (χ0) is 8.81. The topological polar surface area (TPSA) is 44.8 Å². The van der Waals surface area contributed by atoms with Gasteiger partial charge in [0.05, 0.1) is 33.0 Å². The van der Waals surface area contributed by atoms with E-state index in [1.165, 1.54) is 7.11 Å². The largest absolute Gasteiger partial charge is 0.469 e. The Morgan fingerprint density at radius 2 is 2.14 bits per heavy atom. The molecule has 1 atom stereocenters. The summed E-state index contributed by atoms with van der Waals surface area (Å²) < 4.78 is 15.0. The molecule has 86 valence electrons. The third kappa shape index (κ3) is 6.43. The average molecular weight is 247 g/mol. The minimum absolute atomic E-state index is 0. The molecule has 0 bridgehead atoms. The number of ether oxygens (including phenoxy) is 3. The second kappa shape index (κ2) is 9.52. The fourth-order valence-electron chi connectivity index (χ4n) is 1.08. The summed E-state index contributed by atoms with van der Waals surface area (Å²) in [7, 11) is 1.39. The van der Waals surface area contributed by atoms with Crippen LogP contribution in [0, 0.1) is 0 Å². The van der Waals surface area contributed by atoms with Crippen molar-refractivity contribution in [1.82, 2.24) is 0 Å². The van der Waals surface area contributed by atoms with Crippen LogP contribution in [0.25, 0.3) is 0 Å². The predicted octanol–water partition coefficient (Wildman–Crippen LogP) is 1.20. The van der Waals surface area contributed by atoms with Crippen LogP contribution in [0.4, 0.5) is 0 Å². The minimum atomic E-state index is -0.191. The van der Waals surface area contributed by atoms with Gasteiger partial charge in [-0.1, -0.05) is 0 Å². The number of rotatable bonds is 3. The van der Waals surface area contributed by atoms with Gasteiger partial charge in [-0.05, 0) is 6.42 Å². The van der Waals surface area contributed by atoms with Crippen molar-refractivity contribution in [3.8, 4) is 0 Å². The van der Waals surface area contributed by atoms with Gasteiger partial charge in [0.15, 0.2) is 0 Å². The molecule has 0 saturated carbocycles. The van der Waals surface area contributed by atoms with Gasteiger partial charge >= 0.3 is 5.97 Å². The molecule has 14 heavy (non-hydrogen) atoms. The van der Waals surface area contributed by atoms with Crippen LogP contribution in [0.2, 0.25) is 0 Å². The van der Waals surface area contributed by atoms with Gasteiger partial charge in [0.25, 0.3) is 0 Å². The lowest BCUT2D eigenvalue weighted by atomic mass is 10.2. The molecule has 0 aliphatic carbocycles. The predicted molar refractivity (Wildman–Crippen MR) is 56.3 cm³/mol. The minimum Gasteiger partial charge on any atom is -0.469 e. The molecule has 0 N–H and O–H groups in total. The van der Waals surface area contributed by atoms with E-state index in [-0.39, 0.29) is 36.9 Å². The van der Waals surface area contributed by atoms with Crippen LogP contribution >= 0.6 is 24.8 Å². The van der Waals surface area contributed by atoms with E-state index in [2.05, 4.69) is 4.74 Å². The third-order valence-electron chi connectivity index (χ3n) is 1.78. The van der Waals surface area contributed by atoms with E-state index >= 15 is 0 Å². The zero-order valence-electron chi connectivity index (χ0n) is 8.06. The van der Waals surface area contributed by atoms with Crippen molar-refractivity contribution < 1.29 is 19.0 Å². The van der Waals surface area contributed by atoms with Crippen LogP contribution in [0.15, 0.2) is 0 Å². The molecule has 0 radical (unpaired) electrons. The zero-order valence-corrected chi connectivity index (χ0v) is 9.70. The number of esters is 1. The van der Waals surface area contributed by atoms with Crippen molar-refractivity contribution in [3.63, 3.8) is 0 Å². The van der Waals surface area contributed by atoms with Crippen LogP contribution in [0.1, 0.15) is 12.8 Å². The lowest BCUT2D eigenvalue weighted by Crippen LogP contribution is -2.29. The Kier molecular flexibility index (Phi) is 11.2. The van der Waals surface area contributed by atoms with Crippen molar-refractivity contribution in [2.45, 2.75) is 18.9 Å². The molecular weight excluding hydrogens is 231 g/mol. The van der Waals surface area contributed by atoms with Crippen molar-refractivity contribution in [3.05, 3.63) is 0 Å². The molecular formula is C8H16Cl2O4. The molecule has 1 aliphatic heterocycles. The van der Waals surface area contributed by atoms with Crippen molar-refractivity contribution in [2.75, 3.05) is 26.9 Å². The van der Waals surface area contributed by atoms with E-state index in [0.29, 0.717) is 32.7 Å². The lowest BCUT2D eigenvalue weighted by Gasteiger charge is -2.22. The highest BCUT2D eigenvalue weighted by Gasteiger charge is 2.15. The maximum absolute atomic E-state index is 10.7. The second-order valence-electron chi connectivity index (χ2n) is 2.68. The summed E-state index contributed by atoms with van der Waals surface area (Å²) >= 11 is 0. The molecule has 1 heterocycles. The maximum atomic E-state index is 10.7. The molecule has 0 aromatic heterocycles. The van der Waals surface area contributed by atoms with E-state index in [4.69, 9.17) is 9.47 Å². The number of hydrogen-bond acceptors (Lipinski definition) is 4. The fraction of sp³-hybridized carbons (Fsp3) is 0.875. The SMILES string of the molecule is COC(=O)CCC1COCCO1.Cl.Cl. The summed E-state index contributed by atoms with van der Waals surface area (Å²) in [6.07, 6.45) is 1.16. The fourth-order valence-corrected chi connectivity index (χ4v) is 1.08. The van der Waals surface area contributed by atoms with Crippen molar-refractivity contribution in [2.24, 2.45) is 0 Å². The van der Waals surface area contributed by atoms with Gasteiger partial charge < -0.3 is 14.2 Å². The highest BCUT2D eigenvalue weighted by Crippen LogP contribution is 2.07. The molecule has 0 aromatic rings. The first kappa shape index (κ1) is 16.4. The Balaban J connectivity index is 0. The van der Waals surface area contributed by atoms with Gasteiger partial charge in [0.1, 0.15) is 0 Å². The summed E-state index contributed by atoms with van der Waals surface area (Å²) in [5.74, 6) is -0.191. The number of carbonyl (C=O) groups excluding carboxylic acids is 1. The van der Waals surface area contributed by atoms with E-state index in [9.17, 15) is 4.79 Å². The normalized spacial score (nSPS) is 20.2. The monoisotopic (exact) mass is 246 g/mol. The van der Waals surface area contributed by atoms with Gasteiger partial charge in [-0.3, -0.25) is 4.79 Å². The molecule has 1 saturated heterocycles. The maximum Gasteiger partial charge on any atom is 0.305 e. The number of hydrogen-bond donors (Lipinski definition) is 0. The van der Waals surface area contributed by atoms with Crippen LogP contribution < -0.4 is 0 Å². The highest BCUT2D eigenvalue weighted by molar-refractivity contribution is 5.85. The Labute approximate surface area is 96.1 Å². The first-order valence-corrected chi connectivity index (χ1v) is 4.09. The van der Waals surface area contributed by atoms with Crippen molar-refractivity contribution in [1.29, 1.82) is 0 Å². The summed E-state index contributed by atoms with van der Waals surface area (Å²) in [6.45, 7) is 1.89. The third-order valence-corrected chi connectivity index (χ3v) is 1.78. The molecule has 4 nitrogen and oxygen atoms in total. The highest BCUT2D eigenvalue weighted by atomic mass is 35.5. The van der Waals surface area contributed by atoms with Crippen LogP contribution in [-0.4, -0.2) is 39.0 Å². The van der Waals surface area contributed by atoms with E-state index in [1.807, 2.05) is 0 Å². The first-order chi connectivity index (χ1) is 5.83. The Morgan fingerprint density at radius 3 is 2.64 bits per heavy atom. The van der Waals surface area contributed by atoms with Crippen LogP contribution in [0.5, 0.6) is 0 Å². The lowest BCUT2D eigenvalue weighted by molar-refractivity contribution is -0.143. The Hall–Kier alpha value is -0.0300. The van der Waals surface area contributed by atoms with Crippen LogP contribution in [-0.2, 0) is 19.0 Å². The number of halogens is 2. The standard InChI is InChI=1S/C8H14O4.2ClH/c1-10-8(9)3-2-7-6-11-4-5-12-7;;/h7H,2-6H2,1H3;2*1H. The molecule has 1 fully saturated rings. The van der Waals surface area contributed by atoms with E-state index < -0.39 is 0 Å². The van der Waals surface area contributed by atoms with Gasteiger partial charge in [0.2, 0.25) is 0 Å². The molecule has 0 aromatic carbocycles. The smallest absolute Gasteiger partial charge is 0.305 e. The molecule has 6 heteroatoms. The molecule has 1 rings (SSSR count). The Bertz CT molecular complexity index is 148. The molecule has 1 aliphatic rings. The first-order valence-electron chi connectivity index (χ1n) is 4.09. The summed E-state index contributed by atoms with van der Waals surface area (Å²) in [5.41, 5.74) is 0. The van der Waals surface area contributed by atoms with Gasteiger partial charge in [-0.2, -0.15) is 0 Å². The molecule has 1 unspecified atom stereocenters.